The van der Waals surface area contributed by atoms with Gasteiger partial charge in [-0.2, -0.15) is 5.10 Å². The molecule has 0 saturated carbocycles. The zero-order valence-corrected chi connectivity index (χ0v) is 23.3. The second-order valence-electron chi connectivity index (χ2n) is 9.55. The van der Waals surface area contributed by atoms with Crippen LogP contribution < -0.4 is 16.0 Å². The molecule has 0 atom stereocenters. The fraction of sp³-hybridized carbons (Fsp3) is 0.167. The molecule has 0 aliphatic heterocycles. The van der Waals surface area contributed by atoms with Crippen molar-refractivity contribution in [1.29, 1.82) is 0 Å². The van der Waals surface area contributed by atoms with Crippen LogP contribution in [0.2, 0.25) is 0 Å². The topological polar surface area (TPSA) is 125 Å². The van der Waals surface area contributed by atoms with Gasteiger partial charge in [0.15, 0.2) is 5.13 Å². The third kappa shape index (κ3) is 6.42. The van der Waals surface area contributed by atoms with Crippen molar-refractivity contribution in [3.63, 3.8) is 0 Å². The summed E-state index contributed by atoms with van der Waals surface area (Å²) in [7, 11) is 0. The maximum absolute atomic E-state index is 13.1. The first-order chi connectivity index (χ1) is 20.1. The predicted octanol–water partition coefficient (Wildman–Crippen LogP) is 6.01. The number of nitrogens with zero attached hydrogens (tertiary/aromatic N) is 5. The summed E-state index contributed by atoms with van der Waals surface area (Å²) >= 11 is 1.29. The van der Waals surface area contributed by atoms with Crippen molar-refractivity contribution in [3.8, 4) is 0 Å². The van der Waals surface area contributed by atoms with Gasteiger partial charge in [0.1, 0.15) is 22.3 Å². The Morgan fingerprint density at radius 2 is 1.90 bits per heavy atom. The van der Waals surface area contributed by atoms with E-state index in [0.717, 1.165) is 41.9 Å². The Balaban J connectivity index is 1.07. The third-order valence-corrected chi connectivity index (χ3v) is 7.58. The van der Waals surface area contributed by atoms with Crippen LogP contribution in [0.15, 0.2) is 85.3 Å². The van der Waals surface area contributed by atoms with E-state index in [1.165, 1.54) is 16.9 Å². The lowest BCUT2D eigenvalue weighted by Gasteiger charge is -2.07. The molecule has 6 rings (SSSR count). The minimum Gasteiger partial charge on any atom is -0.370 e. The zero-order chi connectivity index (χ0) is 28.0. The Morgan fingerprint density at radius 3 is 2.76 bits per heavy atom. The Labute approximate surface area is 240 Å². The standard InChI is InChI=1S/C30H29N9OS/c1-20-28(29(40)36-23-12-13-24-22(17-23)18-34-39(24)19-21-7-3-2-4-8-21)41-30(35-20)38-27-10-5-9-26(37-27)31-14-6-11-25-32-15-16-33-25/h2-5,7-10,12-13,15-18H,6,11,14,19H2,1H3,(H,32,33)(H,36,40)(H2,31,35,37,38). The highest BCUT2D eigenvalue weighted by molar-refractivity contribution is 7.17. The van der Waals surface area contributed by atoms with Crippen LogP contribution in [0, 0.1) is 6.92 Å². The predicted molar refractivity (Wildman–Crippen MR) is 163 cm³/mol. The van der Waals surface area contributed by atoms with Crippen molar-refractivity contribution in [2.24, 2.45) is 0 Å². The number of imidazole rings is 1. The van der Waals surface area contributed by atoms with Gasteiger partial charge in [0, 0.05) is 36.4 Å². The molecule has 0 radical (unpaired) electrons. The SMILES string of the molecule is Cc1nc(Nc2cccc(NCCCc3ncc[nH]3)n2)sc1C(=O)Nc1ccc2c(cnn2Cc2ccccc2)c1. The molecule has 0 saturated heterocycles. The van der Waals surface area contributed by atoms with E-state index in [9.17, 15) is 4.79 Å². The summed E-state index contributed by atoms with van der Waals surface area (Å²) in [5, 5.41) is 15.7. The normalized spacial score (nSPS) is 11.0. The van der Waals surface area contributed by atoms with Gasteiger partial charge in [0.2, 0.25) is 0 Å². The highest BCUT2D eigenvalue weighted by Crippen LogP contribution is 2.27. The van der Waals surface area contributed by atoms with Crippen LogP contribution in [-0.4, -0.2) is 42.2 Å². The van der Waals surface area contributed by atoms with Crippen molar-refractivity contribution in [2.75, 3.05) is 22.5 Å². The van der Waals surface area contributed by atoms with Gasteiger partial charge in [-0.15, -0.1) is 0 Å². The Bertz CT molecular complexity index is 1760. The number of amides is 1. The average molecular weight is 564 g/mol. The van der Waals surface area contributed by atoms with Crippen LogP contribution in [0.3, 0.4) is 0 Å². The van der Waals surface area contributed by atoms with Crippen LogP contribution in [0.4, 0.5) is 22.5 Å². The summed E-state index contributed by atoms with van der Waals surface area (Å²) in [6.45, 7) is 3.29. The Morgan fingerprint density at radius 1 is 1.02 bits per heavy atom. The van der Waals surface area contributed by atoms with Crippen molar-refractivity contribution < 1.29 is 4.79 Å². The van der Waals surface area contributed by atoms with Crippen LogP contribution in [0.25, 0.3) is 10.9 Å². The molecule has 4 N–H and O–H groups in total. The maximum Gasteiger partial charge on any atom is 0.267 e. The number of fused-ring (bicyclic) bond motifs is 1. The molecule has 0 aliphatic carbocycles. The largest absolute Gasteiger partial charge is 0.370 e. The fourth-order valence-corrected chi connectivity index (χ4v) is 5.38. The van der Waals surface area contributed by atoms with E-state index in [1.807, 2.05) is 78.6 Å². The molecule has 1 amide bonds. The lowest BCUT2D eigenvalue weighted by atomic mass is 10.2. The number of thiazole rings is 1. The molecular formula is C30H29N9OS. The second kappa shape index (κ2) is 12.0. The third-order valence-electron chi connectivity index (χ3n) is 6.51. The van der Waals surface area contributed by atoms with Crippen molar-refractivity contribution in [2.45, 2.75) is 26.3 Å². The number of H-pyrrole nitrogens is 1. The average Bonchev–Trinajstić information content (AvgIpc) is 3.73. The van der Waals surface area contributed by atoms with E-state index in [4.69, 9.17) is 0 Å². The van der Waals surface area contributed by atoms with Crippen LogP contribution in [0.5, 0.6) is 0 Å². The first-order valence-electron chi connectivity index (χ1n) is 13.4. The molecule has 0 spiro atoms. The van der Waals surface area contributed by atoms with Gasteiger partial charge >= 0.3 is 0 Å². The number of anilines is 4. The molecule has 0 unspecified atom stereocenters. The molecule has 41 heavy (non-hydrogen) atoms. The highest BCUT2D eigenvalue weighted by atomic mass is 32.1. The number of hydrogen-bond acceptors (Lipinski definition) is 8. The Kier molecular flexibility index (Phi) is 7.68. The number of hydrogen-bond donors (Lipinski definition) is 4. The minimum absolute atomic E-state index is 0.205. The number of pyridine rings is 1. The van der Waals surface area contributed by atoms with E-state index in [2.05, 4.69) is 53.1 Å². The number of aromatic nitrogens is 6. The summed E-state index contributed by atoms with van der Waals surface area (Å²) in [5.41, 5.74) is 3.55. The van der Waals surface area contributed by atoms with Gasteiger partial charge in [-0.3, -0.25) is 9.48 Å². The van der Waals surface area contributed by atoms with E-state index >= 15 is 0 Å². The minimum atomic E-state index is -0.205. The summed E-state index contributed by atoms with van der Waals surface area (Å²) in [6, 6.07) is 21.8. The van der Waals surface area contributed by atoms with E-state index in [0.29, 0.717) is 33.8 Å². The molecule has 6 aromatic rings. The van der Waals surface area contributed by atoms with Crippen molar-refractivity contribution in [3.05, 3.63) is 107 Å². The molecule has 4 aromatic heterocycles. The highest BCUT2D eigenvalue weighted by Gasteiger charge is 2.17. The van der Waals surface area contributed by atoms with Crippen LogP contribution >= 0.6 is 11.3 Å². The quantitative estimate of drug-likeness (QED) is 0.142. The summed E-state index contributed by atoms with van der Waals surface area (Å²) in [4.78, 5) is 30.2. The Hall–Kier alpha value is -5.03. The van der Waals surface area contributed by atoms with Gasteiger partial charge in [0.25, 0.3) is 5.91 Å². The molecule has 206 valence electrons. The number of benzene rings is 2. The molecule has 0 aliphatic rings. The van der Waals surface area contributed by atoms with Crippen LogP contribution in [0.1, 0.15) is 33.2 Å². The molecular weight excluding hydrogens is 534 g/mol. The number of carbonyl (C=O) groups excluding carboxylic acids is 1. The number of carbonyl (C=O) groups is 1. The van der Waals surface area contributed by atoms with E-state index in [1.54, 1.807) is 6.20 Å². The smallest absolute Gasteiger partial charge is 0.267 e. The van der Waals surface area contributed by atoms with Gasteiger partial charge in [-0.25, -0.2) is 15.0 Å². The number of aromatic amines is 1. The van der Waals surface area contributed by atoms with E-state index < -0.39 is 0 Å². The maximum atomic E-state index is 13.1. The van der Waals surface area contributed by atoms with Gasteiger partial charge < -0.3 is 20.9 Å². The second-order valence-corrected chi connectivity index (χ2v) is 10.5. The van der Waals surface area contributed by atoms with Gasteiger partial charge in [-0.1, -0.05) is 47.7 Å². The first-order valence-corrected chi connectivity index (χ1v) is 14.2. The number of rotatable bonds is 11. The van der Waals surface area contributed by atoms with Gasteiger partial charge in [-0.05, 0) is 49.2 Å². The molecule has 2 aromatic carbocycles. The summed E-state index contributed by atoms with van der Waals surface area (Å²) in [6.07, 6.45) is 7.21. The monoisotopic (exact) mass is 563 g/mol. The zero-order valence-electron chi connectivity index (χ0n) is 22.5. The lowest BCUT2D eigenvalue weighted by Crippen LogP contribution is -2.11. The molecule has 10 nitrogen and oxygen atoms in total. The molecule has 4 heterocycles. The van der Waals surface area contributed by atoms with Crippen molar-refractivity contribution >= 4 is 50.6 Å². The molecule has 11 heteroatoms. The summed E-state index contributed by atoms with van der Waals surface area (Å²) < 4.78 is 1.96. The lowest BCUT2D eigenvalue weighted by molar-refractivity contribution is 0.103. The van der Waals surface area contributed by atoms with E-state index in [-0.39, 0.29) is 5.91 Å². The number of nitrogens with one attached hydrogen (secondary N) is 4. The fourth-order valence-electron chi connectivity index (χ4n) is 4.51. The van der Waals surface area contributed by atoms with Crippen molar-refractivity contribution in [1.82, 2.24) is 29.7 Å². The molecule has 0 bridgehead atoms. The molecule has 0 fully saturated rings. The first kappa shape index (κ1) is 26.2. The summed E-state index contributed by atoms with van der Waals surface area (Å²) in [5.74, 6) is 2.19. The van der Waals surface area contributed by atoms with Crippen LogP contribution in [-0.2, 0) is 13.0 Å². The number of aryl methyl sites for hydroxylation is 2. The van der Waals surface area contributed by atoms with Gasteiger partial charge in [0.05, 0.1) is 24.0 Å².